The highest BCUT2D eigenvalue weighted by Gasteiger charge is 2.41. The number of nitrogens with two attached hydrogens (primary N) is 1. The van der Waals surface area contributed by atoms with Crippen LogP contribution in [0, 0.1) is 5.41 Å². The summed E-state index contributed by atoms with van der Waals surface area (Å²) in [5, 5.41) is 0. The molecule has 2 aromatic rings. The maximum atomic E-state index is 6.02. The van der Waals surface area contributed by atoms with Crippen LogP contribution >= 0.6 is 12.2 Å². The van der Waals surface area contributed by atoms with Crippen molar-refractivity contribution in [3.8, 4) is 0 Å². The highest BCUT2D eigenvalue weighted by Crippen LogP contribution is 2.51. The summed E-state index contributed by atoms with van der Waals surface area (Å²) < 4.78 is 0. The van der Waals surface area contributed by atoms with Gasteiger partial charge in [-0.05, 0) is 41.0 Å². The molecule has 114 valence electrons. The van der Waals surface area contributed by atoms with Crippen LogP contribution in [-0.4, -0.2) is 9.97 Å². The van der Waals surface area contributed by atoms with Gasteiger partial charge in [-0.1, -0.05) is 57.3 Å². The van der Waals surface area contributed by atoms with E-state index < -0.39 is 0 Å². The fraction of sp³-hybridized carbons (Fsp3) is 0.368. The molecule has 1 aliphatic rings. The smallest absolute Gasteiger partial charge is 0.104 e. The van der Waals surface area contributed by atoms with Crippen molar-refractivity contribution in [2.24, 2.45) is 11.1 Å². The molecule has 1 aliphatic carbocycles. The average Bonchev–Trinajstić information content (AvgIpc) is 2.75. The van der Waals surface area contributed by atoms with Gasteiger partial charge < -0.3 is 5.73 Å². The molecular formula is C19H22N2S. The largest absolute Gasteiger partial charge is 0.389 e. The Balaban J connectivity index is 2.29. The van der Waals surface area contributed by atoms with E-state index in [1.54, 1.807) is 0 Å². The highest BCUT2D eigenvalue weighted by molar-refractivity contribution is 7.80. The maximum absolute atomic E-state index is 6.02. The predicted octanol–water partition coefficient (Wildman–Crippen LogP) is 3.99. The third kappa shape index (κ3) is 2.34. The van der Waals surface area contributed by atoms with E-state index in [1.807, 2.05) is 12.3 Å². The van der Waals surface area contributed by atoms with Gasteiger partial charge in [-0.25, -0.2) is 0 Å². The Bertz CT molecular complexity index is 734. The third-order valence-electron chi connectivity index (χ3n) is 4.76. The van der Waals surface area contributed by atoms with E-state index in [2.05, 4.69) is 50.0 Å². The van der Waals surface area contributed by atoms with Crippen LogP contribution < -0.4 is 5.73 Å². The zero-order chi connectivity index (χ0) is 15.9. The second-order valence-corrected chi connectivity index (χ2v) is 7.17. The van der Waals surface area contributed by atoms with Crippen molar-refractivity contribution in [3.63, 3.8) is 0 Å². The number of pyridine rings is 1. The van der Waals surface area contributed by atoms with Crippen molar-refractivity contribution in [1.82, 2.24) is 4.98 Å². The summed E-state index contributed by atoms with van der Waals surface area (Å²) in [5.74, 6) is 0.295. The Morgan fingerprint density at radius 2 is 2.05 bits per heavy atom. The monoisotopic (exact) mass is 310 g/mol. The van der Waals surface area contributed by atoms with Gasteiger partial charge in [0.2, 0.25) is 0 Å². The van der Waals surface area contributed by atoms with Gasteiger partial charge >= 0.3 is 0 Å². The molecule has 22 heavy (non-hydrogen) atoms. The van der Waals surface area contributed by atoms with Gasteiger partial charge in [-0.15, -0.1) is 0 Å². The Morgan fingerprint density at radius 3 is 2.73 bits per heavy atom. The number of hydrogen-bond donors (Lipinski definition) is 1. The molecule has 3 heteroatoms. The summed E-state index contributed by atoms with van der Waals surface area (Å²) in [7, 11) is 0. The lowest BCUT2D eigenvalue weighted by atomic mass is 9.73. The Hall–Kier alpha value is -1.74. The molecule has 1 aromatic carbocycles. The zero-order valence-corrected chi connectivity index (χ0v) is 14.2. The number of rotatable bonds is 3. The zero-order valence-electron chi connectivity index (χ0n) is 13.4. The molecule has 0 saturated heterocycles. The van der Waals surface area contributed by atoms with Gasteiger partial charge in [-0.3, -0.25) is 4.98 Å². The SMILES string of the molecule is CCc1nccc(C(N)=S)c1C1c2ccccc2CC1(C)C. The van der Waals surface area contributed by atoms with Crippen LogP contribution in [0.3, 0.4) is 0 Å². The molecule has 3 rings (SSSR count). The average molecular weight is 310 g/mol. The minimum atomic E-state index is 0.135. The van der Waals surface area contributed by atoms with E-state index in [1.165, 1.54) is 16.7 Å². The molecule has 2 N–H and O–H groups in total. The molecule has 1 aromatic heterocycles. The molecule has 2 nitrogen and oxygen atoms in total. The van der Waals surface area contributed by atoms with Crippen molar-refractivity contribution >= 4 is 17.2 Å². The van der Waals surface area contributed by atoms with Crippen molar-refractivity contribution in [3.05, 3.63) is 64.5 Å². The first kappa shape index (κ1) is 15.2. The lowest BCUT2D eigenvalue weighted by molar-refractivity contribution is 0.345. The molecule has 0 saturated carbocycles. The second-order valence-electron chi connectivity index (χ2n) is 6.73. The van der Waals surface area contributed by atoms with Crippen molar-refractivity contribution < 1.29 is 0 Å². The van der Waals surface area contributed by atoms with Gasteiger partial charge in [-0.2, -0.15) is 0 Å². The van der Waals surface area contributed by atoms with Crippen molar-refractivity contribution in [2.75, 3.05) is 0 Å². The van der Waals surface area contributed by atoms with Gasteiger partial charge in [0.1, 0.15) is 4.99 Å². The summed E-state index contributed by atoms with van der Waals surface area (Å²) in [6, 6.07) is 10.7. The Kier molecular flexibility index (Phi) is 3.77. The molecule has 0 radical (unpaired) electrons. The number of benzene rings is 1. The van der Waals surface area contributed by atoms with E-state index in [4.69, 9.17) is 18.0 Å². The Labute approximate surface area is 137 Å². The van der Waals surface area contributed by atoms with Crippen LogP contribution in [0.25, 0.3) is 0 Å². The number of thiocarbonyl (C=S) groups is 1. The van der Waals surface area contributed by atoms with E-state index >= 15 is 0 Å². The van der Waals surface area contributed by atoms with Crippen molar-refractivity contribution in [1.29, 1.82) is 0 Å². The summed E-state index contributed by atoms with van der Waals surface area (Å²) >= 11 is 5.32. The molecular weight excluding hydrogens is 288 g/mol. The number of hydrogen-bond acceptors (Lipinski definition) is 2. The van der Waals surface area contributed by atoms with Gasteiger partial charge in [0.05, 0.1) is 0 Å². The summed E-state index contributed by atoms with van der Waals surface area (Å²) in [4.78, 5) is 5.07. The van der Waals surface area contributed by atoms with E-state index in [-0.39, 0.29) is 5.41 Å². The molecule has 0 fully saturated rings. The summed E-state index contributed by atoms with van der Waals surface area (Å²) in [6.45, 7) is 6.80. The number of aryl methyl sites for hydroxylation is 1. The molecule has 0 spiro atoms. The molecule has 1 heterocycles. The van der Waals surface area contributed by atoms with E-state index in [9.17, 15) is 0 Å². The second kappa shape index (κ2) is 5.47. The first-order valence-corrected chi connectivity index (χ1v) is 8.22. The highest BCUT2D eigenvalue weighted by atomic mass is 32.1. The van der Waals surface area contributed by atoms with Crippen LogP contribution in [0.4, 0.5) is 0 Å². The van der Waals surface area contributed by atoms with Gasteiger partial charge in [0.15, 0.2) is 0 Å². The summed E-state index contributed by atoms with van der Waals surface area (Å²) in [6.07, 6.45) is 3.79. The molecule has 0 amide bonds. The number of aromatic nitrogens is 1. The van der Waals surface area contributed by atoms with Gasteiger partial charge in [0, 0.05) is 23.4 Å². The van der Waals surface area contributed by atoms with Crippen LogP contribution in [0.2, 0.25) is 0 Å². The lowest BCUT2D eigenvalue weighted by Gasteiger charge is -2.31. The predicted molar refractivity (Wildman–Crippen MR) is 95.3 cm³/mol. The first-order valence-electron chi connectivity index (χ1n) is 7.81. The summed E-state index contributed by atoms with van der Waals surface area (Å²) in [5.41, 5.74) is 12.3. The molecule has 0 bridgehead atoms. The molecule has 1 atom stereocenters. The lowest BCUT2D eigenvalue weighted by Crippen LogP contribution is -2.24. The van der Waals surface area contributed by atoms with Crippen molar-refractivity contribution in [2.45, 2.75) is 39.5 Å². The minimum absolute atomic E-state index is 0.135. The van der Waals surface area contributed by atoms with Crippen LogP contribution in [0.1, 0.15) is 54.6 Å². The molecule has 0 aliphatic heterocycles. The maximum Gasteiger partial charge on any atom is 0.104 e. The normalized spacial score (nSPS) is 19.0. The molecule has 1 unspecified atom stereocenters. The topological polar surface area (TPSA) is 38.9 Å². The fourth-order valence-electron chi connectivity index (χ4n) is 3.87. The van der Waals surface area contributed by atoms with Crippen LogP contribution in [0.5, 0.6) is 0 Å². The van der Waals surface area contributed by atoms with Crippen LogP contribution in [0.15, 0.2) is 36.5 Å². The first-order chi connectivity index (χ1) is 10.5. The quantitative estimate of drug-likeness (QED) is 0.871. The number of fused-ring (bicyclic) bond motifs is 1. The third-order valence-corrected chi connectivity index (χ3v) is 4.98. The van der Waals surface area contributed by atoms with Gasteiger partial charge in [0.25, 0.3) is 0 Å². The Morgan fingerprint density at radius 1 is 1.32 bits per heavy atom. The van der Waals surface area contributed by atoms with Crippen LogP contribution in [-0.2, 0) is 12.8 Å². The minimum Gasteiger partial charge on any atom is -0.389 e. The van der Waals surface area contributed by atoms with E-state index in [0.29, 0.717) is 10.9 Å². The fourth-order valence-corrected chi connectivity index (χ4v) is 4.05. The van der Waals surface area contributed by atoms with E-state index in [0.717, 1.165) is 24.1 Å². The standard InChI is InChI=1S/C19H22N2S/c1-4-15-16(14(18(20)22)9-10-21-15)17-13-8-6-5-7-12(13)11-19(17,2)3/h5-10,17H,4,11H2,1-3H3,(H2,20,22). The number of nitrogens with zero attached hydrogens (tertiary/aromatic N) is 1.